The molecule has 0 aromatic carbocycles. The molecule has 6 N–H and O–H groups in total. The van der Waals surface area contributed by atoms with Crippen LogP contribution in [0.2, 0.25) is 0 Å². The van der Waals surface area contributed by atoms with E-state index >= 15 is 0 Å². The molecule has 6 nitrogen and oxygen atoms in total. The molecule has 0 aromatic heterocycles. The minimum absolute atomic E-state index is 0.0261. The molecule has 0 aromatic rings. The molecule has 0 saturated carbocycles. The second-order valence-corrected chi connectivity index (χ2v) is 5.95. The molecule has 0 aliphatic heterocycles. The molecular formula is C13H28N4O2. The third-order valence-electron chi connectivity index (χ3n) is 2.55. The number of amides is 2. The van der Waals surface area contributed by atoms with Crippen LogP contribution in [-0.2, 0) is 9.59 Å². The third-order valence-corrected chi connectivity index (χ3v) is 2.55. The summed E-state index contributed by atoms with van der Waals surface area (Å²) in [5.41, 5.74) is 11.1. The summed E-state index contributed by atoms with van der Waals surface area (Å²) in [5, 5.41) is 5.30. The van der Waals surface area contributed by atoms with Crippen molar-refractivity contribution in [2.45, 2.75) is 46.1 Å². The van der Waals surface area contributed by atoms with Crippen LogP contribution in [0.1, 0.15) is 40.0 Å². The molecule has 0 radical (unpaired) electrons. The summed E-state index contributed by atoms with van der Waals surface area (Å²) < 4.78 is 0. The first-order chi connectivity index (χ1) is 8.76. The molecule has 0 heterocycles. The molecule has 0 spiro atoms. The van der Waals surface area contributed by atoms with E-state index in [2.05, 4.69) is 10.6 Å². The molecule has 0 rings (SSSR count). The normalized spacial score (nSPS) is 12.9. The summed E-state index contributed by atoms with van der Waals surface area (Å²) in [5.74, 6) is -0.486. The van der Waals surface area contributed by atoms with Crippen LogP contribution in [0.5, 0.6) is 0 Å². The highest BCUT2D eigenvalue weighted by Gasteiger charge is 2.15. The van der Waals surface area contributed by atoms with Gasteiger partial charge in [-0.1, -0.05) is 27.2 Å². The van der Waals surface area contributed by atoms with Crippen LogP contribution in [0, 0.1) is 5.41 Å². The van der Waals surface area contributed by atoms with Crippen molar-refractivity contribution in [3.63, 3.8) is 0 Å². The lowest BCUT2D eigenvalue weighted by Gasteiger charge is -2.19. The molecule has 19 heavy (non-hydrogen) atoms. The van der Waals surface area contributed by atoms with E-state index in [-0.39, 0.29) is 23.8 Å². The Morgan fingerprint density at radius 1 is 1.16 bits per heavy atom. The Bertz CT molecular complexity index is 287. The lowest BCUT2D eigenvalue weighted by molar-refractivity contribution is -0.127. The molecule has 0 aliphatic carbocycles. The molecule has 6 heteroatoms. The largest absolute Gasteiger partial charge is 0.354 e. The summed E-state index contributed by atoms with van der Waals surface area (Å²) in [7, 11) is 0. The van der Waals surface area contributed by atoms with Gasteiger partial charge in [-0.2, -0.15) is 0 Å². The molecule has 1 unspecified atom stereocenters. The zero-order chi connectivity index (χ0) is 14.9. The van der Waals surface area contributed by atoms with Crippen molar-refractivity contribution >= 4 is 11.8 Å². The van der Waals surface area contributed by atoms with Gasteiger partial charge in [0, 0.05) is 6.54 Å². The van der Waals surface area contributed by atoms with Gasteiger partial charge in [0.1, 0.15) is 0 Å². The predicted molar refractivity (Wildman–Crippen MR) is 76.4 cm³/mol. The first kappa shape index (κ1) is 17.9. The number of hydrogen-bond acceptors (Lipinski definition) is 4. The number of rotatable bonds is 8. The van der Waals surface area contributed by atoms with Crippen LogP contribution in [0.15, 0.2) is 0 Å². The first-order valence-electron chi connectivity index (χ1n) is 6.76. The molecule has 0 saturated heterocycles. The monoisotopic (exact) mass is 272 g/mol. The van der Waals surface area contributed by atoms with Gasteiger partial charge in [-0.05, 0) is 24.8 Å². The van der Waals surface area contributed by atoms with Crippen molar-refractivity contribution in [3.8, 4) is 0 Å². The zero-order valence-electron chi connectivity index (χ0n) is 12.3. The molecule has 0 aliphatic rings. The maximum Gasteiger partial charge on any atom is 0.239 e. The first-order valence-corrected chi connectivity index (χ1v) is 6.76. The van der Waals surface area contributed by atoms with E-state index in [9.17, 15) is 9.59 Å². The number of unbranched alkanes of at least 4 members (excludes halogenated alkanes) is 1. The summed E-state index contributed by atoms with van der Waals surface area (Å²) in [6, 6.07) is -0.568. The van der Waals surface area contributed by atoms with Crippen molar-refractivity contribution in [2.24, 2.45) is 16.9 Å². The molecule has 0 fully saturated rings. The van der Waals surface area contributed by atoms with E-state index in [0.29, 0.717) is 19.5 Å². The fourth-order valence-electron chi connectivity index (χ4n) is 1.36. The van der Waals surface area contributed by atoms with Gasteiger partial charge in [-0.25, -0.2) is 0 Å². The van der Waals surface area contributed by atoms with Crippen molar-refractivity contribution in [1.29, 1.82) is 0 Å². The zero-order valence-corrected chi connectivity index (χ0v) is 12.3. The van der Waals surface area contributed by atoms with E-state index in [1.807, 2.05) is 20.8 Å². The lowest BCUT2D eigenvalue weighted by atomic mass is 9.97. The van der Waals surface area contributed by atoms with Crippen LogP contribution in [0.25, 0.3) is 0 Å². The van der Waals surface area contributed by atoms with Crippen LogP contribution in [0.4, 0.5) is 0 Å². The van der Waals surface area contributed by atoms with Gasteiger partial charge in [0.15, 0.2) is 0 Å². The Labute approximate surface area is 115 Å². The molecular weight excluding hydrogens is 244 g/mol. The lowest BCUT2D eigenvalue weighted by Crippen LogP contribution is -2.45. The topological polar surface area (TPSA) is 110 Å². The van der Waals surface area contributed by atoms with Crippen LogP contribution in [-0.4, -0.2) is 37.5 Å². The Hall–Kier alpha value is -1.14. The molecule has 2 amide bonds. The maximum absolute atomic E-state index is 11.6. The smallest absolute Gasteiger partial charge is 0.239 e. The average molecular weight is 272 g/mol. The number of nitrogens with one attached hydrogen (secondary N) is 2. The Morgan fingerprint density at radius 2 is 1.79 bits per heavy atom. The maximum atomic E-state index is 11.6. The predicted octanol–water partition coefficient (Wildman–Crippen LogP) is -0.279. The van der Waals surface area contributed by atoms with Crippen LogP contribution >= 0.6 is 0 Å². The summed E-state index contributed by atoms with van der Waals surface area (Å²) in [6.07, 6.45) is 2.26. The van der Waals surface area contributed by atoms with Gasteiger partial charge >= 0.3 is 0 Å². The Balaban J connectivity index is 3.79. The standard InChI is InChI=1S/C13H28N4O2/c1-13(2,3)9-17-11(18)8-16-12(19)10(15)6-4-5-7-14/h10H,4-9,14-15H2,1-3H3,(H,16,19)(H,17,18). The third kappa shape index (κ3) is 10.5. The van der Waals surface area contributed by atoms with Crippen molar-refractivity contribution < 1.29 is 9.59 Å². The van der Waals surface area contributed by atoms with Gasteiger partial charge < -0.3 is 22.1 Å². The minimum Gasteiger partial charge on any atom is -0.354 e. The SMILES string of the molecule is CC(C)(C)CNC(=O)CNC(=O)C(N)CCCCN. The number of hydrogen-bond donors (Lipinski definition) is 4. The average Bonchev–Trinajstić information content (AvgIpc) is 2.32. The fraction of sp³-hybridized carbons (Fsp3) is 0.846. The van der Waals surface area contributed by atoms with Gasteiger partial charge in [0.25, 0.3) is 0 Å². The van der Waals surface area contributed by atoms with Crippen LogP contribution < -0.4 is 22.1 Å². The highest BCUT2D eigenvalue weighted by atomic mass is 16.2. The number of carbonyl (C=O) groups is 2. The van der Waals surface area contributed by atoms with E-state index in [1.165, 1.54) is 0 Å². The molecule has 1 atom stereocenters. The van der Waals surface area contributed by atoms with Gasteiger partial charge in [0.2, 0.25) is 11.8 Å². The van der Waals surface area contributed by atoms with Crippen molar-refractivity contribution in [3.05, 3.63) is 0 Å². The van der Waals surface area contributed by atoms with E-state index in [1.54, 1.807) is 0 Å². The van der Waals surface area contributed by atoms with Gasteiger partial charge in [0.05, 0.1) is 12.6 Å². The van der Waals surface area contributed by atoms with Gasteiger partial charge in [-0.15, -0.1) is 0 Å². The van der Waals surface area contributed by atoms with Crippen molar-refractivity contribution in [1.82, 2.24) is 10.6 Å². The fourth-order valence-corrected chi connectivity index (χ4v) is 1.36. The highest BCUT2D eigenvalue weighted by Crippen LogP contribution is 2.09. The summed E-state index contributed by atoms with van der Waals surface area (Å²) in [4.78, 5) is 23.1. The quantitative estimate of drug-likeness (QED) is 0.455. The molecule has 112 valence electrons. The summed E-state index contributed by atoms with van der Waals surface area (Å²) >= 11 is 0. The van der Waals surface area contributed by atoms with E-state index in [0.717, 1.165) is 12.8 Å². The minimum atomic E-state index is -0.568. The van der Waals surface area contributed by atoms with E-state index < -0.39 is 6.04 Å². The second-order valence-electron chi connectivity index (χ2n) is 5.95. The molecule has 0 bridgehead atoms. The number of nitrogens with two attached hydrogens (primary N) is 2. The highest BCUT2D eigenvalue weighted by molar-refractivity contribution is 5.87. The Morgan fingerprint density at radius 3 is 2.32 bits per heavy atom. The Kier molecular flexibility index (Phi) is 8.34. The second kappa shape index (κ2) is 8.87. The van der Waals surface area contributed by atoms with Gasteiger partial charge in [-0.3, -0.25) is 9.59 Å². The van der Waals surface area contributed by atoms with Crippen LogP contribution in [0.3, 0.4) is 0 Å². The summed E-state index contributed by atoms with van der Waals surface area (Å²) in [6.45, 7) is 7.23. The van der Waals surface area contributed by atoms with Crippen molar-refractivity contribution in [2.75, 3.05) is 19.6 Å². The van der Waals surface area contributed by atoms with E-state index in [4.69, 9.17) is 11.5 Å². The number of carbonyl (C=O) groups excluding carboxylic acids is 2.